The van der Waals surface area contributed by atoms with Gasteiger partial charge in [-0.05, 0) is 59.7 Å². The topological polar surface area (TPSA) is 103 Å². The summed E-state index contributed by atoms with van der Waals surface area (Å²) in [6, 6.07) is 16.8. The van der Waals surface area contributed by atoms with Gasteiger partial charge in [0.05, 0.1) is 23.2 Å². The van der Waals surface area contributed by atoms with Crippen LogP contribution < -0.4 is 15.0 Å². The van der Waals surface area contributed by atoms with Gasteiger partial charge in [0, 0.05) is 17.5 Å². The Morgan fingerprint density at radius 2 is 1.69 bits per heavy atom. The molecule has 0 atom stereocenters. The molecule has 36 heavy (non-hydrogen) atoms. The van der Waals surface area contributed by atoms with Crippen molar-refractivity contribution in [1.82, 2.24) is 9.72 Å². The lowest BCUT2D eigenvalue weighted by molar-refractivity contribution is 0.413. The van der Waals surface area contributed by atoms with Gasteiger partial charge in [-0.1, -0.05) is 17.3 Å². The average molecular weight is 509 g/mol. The number of ether oxygens (including phenoxy) is 1. The van der Waals surface area contributed by atoms with Gasteiger partial charge in [0.25, 0.3) is 15.6 Å². The van der Waals surface area contributed by atoms with Gasteiger partial charge in [-0.15, -0.1) is 0 Å². The zero-order valence-corrected chi connectivity index (χ0v) is 19.4. The number of rotatable bonds is 6. The first kappa shape index (κ1) is 23.2. The molecule has 8 nitrogen and oxygen atoms in total. The minimum absolute atomic E-state index is 0.0267. The highest BCUT2D eigenvalue weighted by atomic mass is 32.2. The van der Waals surface area contributed by atoms with E-state index in [0.717, 1.165) is 12.1 Å². The van der Waals surface area contributed by atoms with Crippen LogP contribution in [0, 0.1) is 11.6 Å². The van der Waals surface area contributed by atoms with Crippen molar-refractivity contribution < 1.29 is 26.5 Å². The number of hydrogen-bond acceptors (Lipinski definition) is 6. The van der Waals surface area contributed by atoms with Crippen molar-refractivity contribution in [3.05, 3.63) is 101 Å². The van der Waals surface area contributed by atoms with E-state index in [0.29, 0.717) is 33.5 Å². The number of sulfonamides is 1. The largest absolute Gasteiger partial charge is 0.495 e. The summed E-state index contributed by atoms with van der Waals surface area (Å²) in [6.07, 6.45) is 1.23. The lowest BCUT2D eigenvalue weighted by Crippen LogP contribution is -2.19. The van der Waals surface area contributed by atoms with E-state index in [1.807, 2.05) is 0 Å². The van der Waals surface area contributed by atoms with E-state index < -0.39 is 27.2 Å². The third-order valence-corrected chi connectivity index (χ3v) is 6.88. The van der Waals surface area contributed by atoms with Gasteiger partial charge in [-0.3, -0.25) is 14.1 Å². The van der Waals surface area contributed by atoms with Gasteiger partial charge in [0.15, 0.2) is 17.5 Å². The molecule has 0 unspecified atom stereocenters. The number of benzene rings is 3. The molecule has 5 aromatic rings. The third kappa shape index (κ3) is 4.20. The highest BCUT2D eigenvalue weighted by molar-refractivity contribution is 7.92. The molecular weight excluding hydrogens is 492 g/mol. The van der Waals surface area contributed by atoms with Crippen molar-refractivity contribution in [2.75, 3.05) is 11.8 Å². The first-order valence-electron chi connectivity index (χ1n) is 10.5. The van der Waals surface area contributed by atoms with E-state index in [-0.39, 0.29) is 10.7 Å². The summed E-state index contributed by atoms with van der Waals surface area (Å²) in [4.78, 5) is 12.9. The molecule has 0 saturated heterocycles. The number of hydrogen-bond donors (Lipinski definition) is 1. The Balaban J connectivity index is 1.66. The Bertz CT molecular complexity index is 1770. The number of anilines is 1. The summed E-state index contributed by atoms with van der Waals surface area (Å²) >= 11 is 0. The molecule has 0 radical (unpaired) electrons. The number of nitrogens with one attached hydrogen (secondary N) is 1. The van der Waals surface area contributed by atoms with Gasteiger partial charge in [0.2, 0.25) is 0 Å². The van der Waals surface area contributed by atoms with Crippen molar-refractivity contribution in [2.24, 2.45) is 0 Å². The Labute approximate surface area is 203 Å². The summed E-state index contributed by atoms with van der Waals surface area (Å²) in [5, 5.41) is 4.00. The summed E-state index contributed by atoms with van der Waals surface area (Å²) in [5.74, 6) is -1.60. The van der Waals surface area contributed by atoms with Crippen LogP contribution in [0.1, 0.15) is 0 Å². The monoisotopic (exact) mass is 509 g/mol. The second-order valence-electron chi connectivity index (χ2n) is 7.73. The first-order valence-corrected chi connectivity index (χ1v) is 12.0. The Morgan fingerprint density at radius 3 is 2.42 bits per heavy atom. The van der Waals surface area contributed by atoms with Crippen molar-refractivity contribution in [2.45, 2.75) is 4.90 Å². The van der Waals surface area contributed by atoms with Crippen LogP contribution in [-0.4, -0.2) is 25.3 Å². The summed E-state index contributed by atoms with van der Waals surface area (Å²) in [6.45, 7) is 0. The fourth-order valence-electron chi connectivity index (χ4n) is 3.82. The minimum atomic E-state index is -3.98. The number of fused-ring (bicyclic) bond motifs is 1. The van der Waals surface area contributed by atoms with E-state index in [9.17, 15) is 22.0 Å². The molecule has 0 amide bonds. The van der Waals surface area contributed by atoms with Crippen LogP contribution in [0.2, 0.25) is 0 Å². The number of pyridine rings is 1. The molecule has 2 heterocycles. The van der Waals surface area contributed by atoms with E-state index in [4.69, 9.17) is 4.74 Å². The fourth-order valence-corrected chi connectivity index (χ4v) is 4.85. The van der Waals surface area contributed by atoms with Crippen LogP contribution in [0.3, 0.4) is 0 Å². The van der Waals surface area contributed by atoms with Gasteiger partial charge in [-0.2, -0.15) is 0 Å². The molecule has 182 valence electrons. The van der Waals surface area contributed by atoms with Crippen LogP contribution in [0.15, 0.2) is 93.3 Å². The molecule has 0 fully saturated rings. The molecule has 11 heteroatoms. The molecule has 1 N–H and O–H groups in total. The second-order valence-corrected chi connectivity index (χ2v) is 9.42. The van der Waals surface area contributed by atoms with Gasteiger partial charge in [-0.25, -0.2) is 17.2 Å². The number of aromatic nitrogens is 2. The van der Waals surface area contributed by atoms with Crippen molar-refractivity contribution in [3.8, 4) is 22.6 Å². The molecule has 0 saturated carbocycles. The van der Waals surface area contributed by atoms with Crippen molar-refractivity contribution in [3.63, 3.8) is 0 Å². The average Bonchev–Trinajstić information content (AvgIpc) is 3.37. The first-order chi connectivity index (χ1) is 17.3. The molecule has 2 aromatic heterocycles. The highest BCUT2D eigenvalue weighted by Gasteiger charge is 2.18. The minimum Gasteiger partial charge on any atom is -0.495 e. The Morgan fingerprint density at radius 1 is 0.917 bits per heavy atom. The summed E-state index contributed by atoms with van der Waals surface area (Å²) in [7, 11) is -2.54. The maximum absolute atomic E-state index is 13.8. The molecule has 0 spiro atoms. The highest BCUT2D eigenvalue weighted by Crippen LogP contribution is 2.32. The standard InChI is InChI=1S/C25H17F2N3O5S/c1-34-23-8-3-16(15-2-6-19(26)20(27)13-15)14-22(23)30-21-7-5-18(12-17(21)4-9-25(30)31)36(32,33)29-24-10-11-35-28-24/h2-14H,1H3,(H,28,29). The van der Waals surface area contributed by atoms with Crippen LogP contribution in [0.5, 0.6) is 5.75 Å². The predicted octanol–water partition coefficient (Wildman–Crippen LogP) is 4.73. The lowest BCUT2D eigenvalue weighted by atomic mass is 10.0. The van der Waals surface area contributed by atoms with E-state index in [2.05, 4.69) is 14.4 Å². The van der Waals surface area contributed by atoms with Crippen LogP contribution in [0.25, 0.3) is 27.7 Å². The summed E-state index contributed by atoms with van der Waals surface area (Å²) < 4.78 is 66.6. The predicted molar refractivity (Wildman–Crippen MR) is 129 cm³/mol. The van der Waals surface area contributed by atoms with Gasteiger partial charge >= 0.3 is 0 Å². The fraction of sp³-hybridized carbons (Fsp3) is 0.0400. The molecule has 0 aliphatic carbocycles. The Kier molecular flexibility index (Phi) is 5.77. The smallest absolute Gasteiger partial charge is 0.263 e. The zero-order valence-electron chi connectivity index (χ0n) is 18.6. The quantitative estimate of drug-likeness (QED) is 0.355. The molecular formula is C25H17F2N3O5S. The molecule has 0 aliphatic heterocycles. The molecule has 0 aliphatic rings. The van der Waals surface area contributed by atoms with Crippen molar-refractivity contribution >= 4 is 26.7 Å². The Hall–Kier alpha value is -4.51. The molecule has 0 bridgehead atoms. The lowest BCUT2D eigenvalue weighted by Gasteiger charge is -2.16. The van der Waals surface area contributed by atoms with E-state index >= 15 is 0 Å². The van der Waals surface area contributed by atoms with Crippen LogP contribution in [0.4, 0.5) is 14.6 Å². The maximum Gasteiger partial charge on any atom is 0.263 e. The number of nitrogens with zero attached hydrogens (tertiary/aromatic N) is 2. The third-order valence-electron chi connectivity index (χ3n) is 5.53. The van der Waals surface area contributed by atoms with Crippen molar-refractivity contribution in [1.29, 1.82) is 0 Å². The van der Waals surface area contributed by atoms with E-state index in [1.165, 1.54) is 60.4 Å². The van der Waals surface area contributed by atoms with E-state index in [1.54, 1.807) is 18.2 Å². The van der Waals surface area contributed by atoms with Crippen LogP contribution >= 0.6 is 0 Å². The zero-order chi connectivity index (χ0) is 25.4. The molecule has 5 rings (SSSR count). The van der Waals surface area contributed by atoms with Crippen LogP contribution in [-0.2, 0) is 10.0 Å². The second kappa shape index (κ2) is 8.93. The number of methoxy groups -OCH3 is 1. The van der Waals surface area contributed by atoms with Gasteiger partial charge in [0.1, 0.15) is 12.0 Å². The normalized spacial score (nSPS) is 11.5. The maximum atomic E-state index is 13.8. The molecule has 3 aromatic carbocycles. The number of halogens is 2. The van der Waals surface area contributed by atoms with Gasteiger partial charge < -0.3 is 9.26 Å². The SMILES string of the molecule is COc1ccc(-c2ccc(F)c(F)c2)cc1-n1c(=O)ccc2cc(S(=O)(=O)Nc3ccon3)ccc21. The summed E-state index contributed by atoms with van der Waals surface area (Å²) in [5.41, 5.74) is 1.26.